The molecule has 0 heterocycles. The SMILES string of the molecule is CCCCCCC[C@@H](O)[C@@H](C)C(=O)c1ccccc1. The van der Waals surface area contributed by atoms with Crippen LogP contribution in [0.5, 0.6) is 0 Å². The van der Waals surface area contributed by atoms with Crippen molar-refractivity contribution in [1.29, 1.82) is 0 Å². The largest absolute Gasteiger partial charge is 0.392 e. The van der Waals surface area contributed by atoms with Gasteiger partial charge in [0, 0.05) is 11.5 Å². The summed E-state index contributed by atoms with van der Waals surface area (Å²) in [6, 6.07) is 9.24. The third-order valence-electron chi connectivity index (χ3n) is 3.65. The third kappa shape index (κ3) is 5.56. The maximum atomic E-state index is 12.2. The maximum Gasteiger partial charge on any atom is 0.168 e. The summed E-state index contributed by atoms with van der Waals surface area (Å²) < 4.78 is 0. The van der Waals surface area contributed by atoms with E-state index < -0.39 is 6.10 Å². The monoisotopic (exact) mass is 262 g/mol. The fourth-order valence-electron chi connectivity index (χ4n) is 2.25. The minimum Gasteiger partial charge on any atom is -0.392 e. The highest BCUT2D eigenvalue weighted by molar-refractivity contribution is 5.97. The van der Waals surface area contributed by atoms with Crippen molar-refractivity contribution in [2.75, 3.05) is 0 Å². The van der Waals surface area contributed by atoms with Crippen molar-refractivity contribution in [3.05, 3.63) is 35.9 Å². The molecule has 19 heavy (non-hydrogen) atoms. The van der Waals surface area contributed by atoms with E-state index >= 15 is 0 Å². The number of unbranched alkanes of at least 4 members (excludes halogenated alkanes) is 4. The summed E-state index contributed by atoms with van der Waals surface area (Å²) in [7, 11) is 0. The Kier molecular flexibility index (Phi) is 7.42. The predicted octanol–water partition coefficient (Wildman–Crippen LogP) is 4.23. The normalized spacial score (nSPS) is 14.1. The van der Waals surface area contributed by atoms with Crippen LogP contribution in [-0.4, -0.2) is 17.0 Å². The minimum atomic E-state index is -0.519. The van der Waals surface area contributed by atoms with Crippen LogP contribution in [0.15, 0.2) is 30.3 Å². The van der Waals surface area contributed by atoms with Crippen molar-refractivity contribution in [2.45, 2.75) is 58.5 Å². The van der Waals surface area contributed by atoms with E-state index in [-0.39, 0.29) is 11.7 Å². The average molecular weight is 262 g/mol. The van der Waals surface area contributed by atoms with E-state index in [2.05, 4.69) is 6.92 Å². The first-order valence-corrected chi connectivity index (χ1v) is 7.44. The molecule has 0 aromatic heterocycles. The van der Waals surface area contributed by atoms with Gasteiger partial charge < -0.3 is 5.11 Å². The van der Waals surface area contributed by atoms with E-state index in [1.165, 1.54) is 19.3 Å². The second-order valence-corrected chi connectivity index (χ2v) is 5.29. The molecular weight excluding hydrogens is 236 g/mol. The highest BCUT2D eigenvalue weighted by Gasteiger charge is 2.22. The van der Waals surface area contributed by atoms with Gasteiger partial charge in [0.2, 0.25) is 0 Å². The molecule has 0 radical (unpaired) electrons. The Labute approximate surface area is 116 Å². The smallest absolute Gasteiger partial charge is 0.168 e. The number of aliphatic hydroxyl groups is 1. The Hall–Kier alpha value is -1.15. The molecule has 0 fully saturated rings. The topological polar surface area (TPSA) is 37.3 Å². The molecule has 0 unspecified atom stereocenters. The summed E-state index contributed by atoms with van der Waals surface area (Å²) in [4.78, 5) is 12.2. The van der Waals surface area contributed by atoms with Gasteiger partial charge in [-0.2, -0.15) is 0 Å². The molecule has 0 saturated carbocycles. The Morgan fingerprint density at radius 2 is 1.74 bits per heavy atom. The summed E-state index contributed by atoms with van der Waals surface area (Å²) in [5, 5.41) is 10.1. The van der Waals surface area contributed by atoms with Gasteiger partial charge >= 0.3 is 0 Å². The zero-order valence-electron chi connectivity index (χ0n) is 12.1. The standard InChI is InChI=1S/C17H26O2/c1-3-4-5-6-10-13-16(18)14(2)17(19)15-11-8-7-9-12-15/h7-9,11-12,14,16,18H,3-6,10,13H2,1-2H3/t14-,16-/m1/s1. The molecule has 2 atom stereocenters. The second-order valence-electron chi connectivity index (χ2n) is 5.29. The zero-order chi connectivity index (χ0) is 14.1. The van der Waals surface area contributed by atoms with Gasteiger partial charge in [0.25, 0.3) is 0 Å². The van der Waals surface area contributed by atoms with Crippen molar-refractivity contribution in [3.63, 3.8) is 0 Å². The molecule has 0 aliphatic rings. The molecule has 0 spiro atoms. The van der Waals surface area contributed by atoms with Crippen molar-refractivity contribution in [2.24, 2.45) is 5.92 Å². The van der Waals surface area contributed by atoms with Crippen molar-refractivity contribution in [1.82, 2.24) is 0 Å². The van der Waals surface area contributed by atoms with Crippen LogP contribution in [0, 0.1) is 5.92 Å². The Morgan fingerprint density at radius 1 is 1.11 bits per heavy atom. The van der Waals surface area contributed by atoms with Gasteiger partial charge in [0.1, 0.15) is 0 Å². The summed E-state index contributed by atoms with van der Waals surface area (Å²) in [6.07, 6.45) is 6.08. The van der Waals surface area contributed by atoms with E-state index in [1.54, 1.807) is 0 Å². The summed E-state index contributed by atoms with van der Waals surface area (Å²) in [5.74, 6) is -0.268. The van der Waals surface area contributed by atoms with Crippen LogP contribution in [-0.2, 0) is 0 Å². The van der Waals surface area contributed by atoms with Crippen LogP contribution in [0.3, 0.4) is 0 Å². The number of carbonyl (C=O) groups is 1. The van der Waals surface area contributed by atoms with Crippen LogP contribution in [0.25, 0.3) is 0 Å². The van der Waals surface area contributed by atoms with Crippen LogP contribution in [0.1, 0.15) is 62.7 Å². The van der Waals surface area contributed by atoms with E-state index in [0.717, 1.165) is 19.3 Å². The molecule has 0 saturated heterocycles. The first-order chi connectivity index (χ1) is 9.16. The number of benzene rings is 1. The predicted molar refractivity (Wildman–Crippen MR) is 79.3 cm³/mol. The van der Waals surface area contributed by atoms with E-state index in [0.29, 0.717) is 5.56 Å². The summed E-state index contributed by atoms with van der Waals surface area (Å²) in [5.41, 5.74) is 0.694. The second kappa shape index (κ2) is 8.87. The highest BCUT2D eigenvalue weighted by Crippen LogP contribution is 2.17. The van der Waals surface area contributed by atoms with Crippen LogP contribution < -0.4 is 0 Å². The number of aliphatic hydroxyl groups excluding tert-OH is 1. The molecule has 2 nitrogen and oxygen atoms in total. The van der Waals surface area contributed by atoms with E-state index in [4.69, 9.17) is 0 Å². The van der Waals surface area contributed by atoms with Crippen molar-refractivity contribution < 1.29 is 9.90 Å². The van der Waals surface area contributed by atoms with Gasteiger partial charge in [-0.25, -0.2) is 0 Å². The summed E-state index contributed by atoms with van der Waals surface area (Å²) >= 11 is 0. The van der Waals surface area contributed by atoms with Crippen LogP contribution in [0.2, 0.25) is 0 Å². The minimum absolute atomic E-state index is 0.0432. The number of hydrogen-bond acceptors (Lipinski definition) is 2. The molecule has 1 aromatic carbocycles. The van der Waals surface area contributed by atoms with Crippen molar-refractivity contribution >= 4 is 5.78 Å². The van der Waals surface area contributed by atoms with Gasteiger partial charge in [0.05, 0.1) is 6.10 Å². The fourth-order valence-corrected chi connectivity index (χ4v) is 2.25. The lowest BCUT2D eigenvalue weighted by Gasteiger charge is -2.17. The number of rotatable bonds is 9. The molecule has 1 N–H and O–H groups in total. The first-order valence-electron chi connectivity index (χ1n) is 7.44. The van der Waals surface area contributed by atoms with Gasteiger partial charge in [-0.3, -0.25) is 4.79 Å². The molecule has 0 amide bonds. The lowest BCUT2D eigenvalue weighted by Crippen LogP contribution is -2.25. The Balaban J connectivity index is 2.35. The molecule has 1 rings (SSSR count). The zero-order valence-corrected chi connectivity index (χ0v) is 12.1. The quantitative estimate of drug-likeness (QED) is 0.534. The summed E-state index contributed by atoms with van der Waals surface area (Å²) in [6.45, 7) is 4.02. The number of Topliss-reactive ketones (excluding diaryl/α,β-unsaturated/α-hetero) is 1. The third-order valence-corrected chi connectivity index (χ3v) is 3.65. The first kappa shape index (κ1) is 15.9. The van der Waals surface area contributed by atoms with E-state index in [1.807, 2.05) is 37.3 Å². The number of hydrogen-bond donors (Lipinski definition) is 1. The van der Waals surface area contributed by atoms with Gasteiger partial charge in [-0.1, -0.05) is 76.3 Å². The maximum absolute atomic E-state index is 12.2. The van der Waals surface area contributed by atoms with E-state index in [9.17, 15) is 9.90 Å². The number of carbonyl (C=O) groups excluding carboxylic acids is 1. The van der Waals surface area contributed by atoms with Crippen LogP contribution in [0.4, 0.5) is 0 Å². The fraction of sp³-hybridized carbons (Fsp3) is 0.588. The number of ketones is 1. The molecule has 0 aliphatic heterocycles. The lowest BCUT2D eigenvalue weighted by atomic mass is 9.91. The van der Waals surface area contributed by atoms with Gasteiger partial charge in [-0.05, 0) is 6.42 Å². The van der Waals surface area contributed by atoms with Gasteiger partial charge in [-0.15, -0.1) is 0 Å². The molecule has 106 valence electrons. The highest BCUT2D eigenvalue weighted by atomic mass is 16.3. The molecule has 0 bridgehead atoms. The van der Waals surface area contributed by atoms with Crippen molar-refractivity contribution in [3.8, 4) is 0 Å². The Morgan fingerprint density at radius 3 is 2.37 bits per heavy atom. The molecule has 2 heteroatoms. The average Bonchev–Trinajstić information content (AvgIpc) is 2.46. The molecule has 1 aromatic rings. The van der Waals surface area contributed by atoms with Crippen LogP contribution >= 0.6 is 0 Å². The van der Waals surface area contributed by atoms with Gasteiger partial charge in [0.15, 0.2) is 5.78 Å². The Bertz CT molecular complexity index is 359. The molecular formula is C17H26O2. The molecule has 0 aliphatic carbocycles. The lowest BCUT2D eigenvalue weighted by molar-refractivity contribution is 0.0683.